The van der Waals surface area contributed by atoms with Crippen LogP contribution in [-0.2, 0) is 6.42 Å². The van der Waals surface area contributed by atoms with Crippen LogP contribution in [0.2, 0.25) is 0 Å². The first-order valence-corrected chi connectivity index (χ1v) is 6.91. The molecule has 0 aliphatic heterocycles. The van der Waals surface area contributed by atoms with Gasteiger partial charge in [0.2, 0.25) is 0 Å². The predicted molar refractivity (Wildman–Crippen MR) is 69.2 cm³/mol. The second-order valence-corrected chi connectivity index (χ2v) is 5.91. The third-order valence-corrected chi connectivity index (χ3v) is 4.43. The fourth-order valence-electron chi connectivity index (χ4n) is 1.39. The highest BCUT2D eigenvalue weighted by Gasteiger charge is 2.09. The van der Waals surface area contributed by atoms with Gasteiger partial charge in [0.15, 0.2) is 0 Å². The lowest BCUT2D eigenvalue weighted by atomic mass is 10.3. The molecule has 0 saturated heterocycles. The van der Waals surface area contributed by atoms with Crippen molar-refractivity contribution in [3.63, 3.8) is 0 Å². The maximum atomic E-state index is 4.45. The molecule has 1 unspecified atom stereocenters. The fourth-order valence-corrected chi connectivity index (χ4v) is 3.00. The summed E-state index contributed by atoms with van der Waals surface area (Å²) in [5, 5.41) is 7.59. The van der Waals surface area contributed by atoms with Gasteiger partial charge in [0.25, 0.3) is 0 Å². The van der Waals surface area contributed by atoms with E-state index in [1.54, 1.807) is 22.7 Å². The summed E-state index contributed by atoms with van der Waals surface area (Å²) in [6.07, 6.45) is 2.81. The Morgan fingerprint density at radius 2 is 2.31 bits per heavy atom. The van der Waals surface area contributed by atoms with Crippen LogP contribution in [0.25, 0.3) is 0 Å². The number of aryl methyl sites for hydroxylation is 1. The molecule has 0 spiro atoms. The normalized spacial score (nSPS) is 12.9. The predicted octanol–water partition coefficient (Wildman–Crippen LogP) is 2.78. The van der Waals surface area contributed by atoms with Gasteiger partial charge < -0.3 is 5.32 Å². The summed E-state index contributed by atoms with van der Waals surface area (Å²) in [5.41, 5.74) is 1.13. The first kappa shape index (κ1) is 11.7. The first-order chi connectivity index (χ1) is 7.69. The minimum absolute atomic E-state index is 0.378. The molecule has 0 amide bonds. The molecule has 2 heterocycles. The van der Waals surface area contributed by atoms with Gasteiger partial charge in [-0.1, -0.05) is 0 Å². The standard InChI is InChI=1S/C11H15N3S2/c1-7(12-3)10-5-13-11(16-10)4-9-6-15-8(2)14-9/h5-7,12H,4H2,1-3H3. The van der Waals surface area contributed by atoms with Gasteiger partial charge in [0.05, 0.1) is 15.7 Å². The maximum Gasteiger partial charge on any atom is 0.0988 e. The highest BCUT2D eigenvalue weighted by atomic mass is 32.1. The topological polar surface area (TPSA) is 37.8 Å². The van der Waals surface area contributed by atoms with Gasteiger partial charge in [-0.3, -0.25) is 0 Å². The van der Waals surface area contributed by atoms with Crippen LogP contribution in [0.4, 0.5) is 0 Å². The summed E-state index contributed by atoms with van der Waals surface area (Å²) in [6.45, 7) is 4.18. The zero-order valence-corrected chi connectivity index (χ0v) is 11.3. The molecule has 0 aromatic carbocycles. The van der Waals surface area contributed by atoms with E-state index < -0.39 is 0 Å². The molecule has 1 N–H and O–H groups in total. The van der Waals surface area contributed by atoms with Crippen molar-refractivity contribution in [3.8, 4) is 0 Å². The smallest absolute Gasteiger partial charge is 0.0988 e. The lowest BCUT2D eigenvalue weighted by Gasteiger charge is -2.04. The third-order valence-electron chi connectivity index (χ3n) is 2.43. The number of thiazole rings is 2. The van der Waals surface area contributed by atoms with Gasteiger partial charge in [-0.15, -0.1) is 22.7 Å². The van der Waals surface area contributed by atoms with Crippen molar-refractivity contribution in [3.05, 3.63) is 32.2 Å². The van der Waals surface area contributed by atoms with Crippen LogP contribution in [-0.4, -0.2) is 17.0 Å². The Bertz CT molecular complexity index is 461. The summed E-state index contributed by atoms with van der Waals surface area (Å²) in [6, 6.07) is 0.378. The van der Waals surface area contributed by atoms with E-state index in [-0.39, 0.29) is 0 Å². The maximum absolute atomic E-state index is 4.45. The number of nitrogens with zero attached hydrogens (tertiary/aromatic N) is 2. The third kappa shape index (κ3) is 2.66. The van der Waals surface area contributed by atoms with Gasteiger partial charge in [-0.25, -0.2) is 9.97 Å². The molecular weight excluding hydrogens is 238 g/mol. The number of hydrogen-bond acceptors (Lipinski definition) is 5. The van der Waals surface area contributed by atoms with Crippen LogP contribution in [0, 0.1) is 6.92 Å². The monoisotopic (exact) mass is 253 g/mol. The summed E-state index contributed by atoms with van der Waals surface area (Å²) in [7, 11) is 1.97. The molecule has 2 aromatic rings. The van der Waals surface area contributed by atoms with E-state index in [0.29, 0.717) is 6.04 Å². The molecule has 1 atom stereocenters. The van der Waals surface area contributed by atoms with Crippen molar-refractivity contribution in [1.82, 2.24) is 15.3 Å². The van der Waals surface area contributed by atoms with Crippen LogP contribution in [0.1, 0.15) is 33.6 Å². The van der Waals surface area contributed by atoms with Crippen LogP contribution < -0.4 is 5.32 Å². The van der Waals surface area contributed by atoms with Crippen LogP contribution in [0.15, 0.2) is 11.6 Å². The molecular formula is C11H15N3S2. The number of hydrogen-bond donors (Lipinski definition) is 1. The molecule has 2 rings (SSSR count). The zero-order chi connectivity index (χ0) is 11.5. The summed E-state index contributed by atoms with van der Waals surface area (Å²) in [5.74, 6) is 0. The second kappa shape index (κ2) is 5.03. The average molecular weight is 253 g/mol. The molecule has 0 bridgehead atoms. The fraction of sp³-hybridized carbons (Fsp3) is 0.455. The Morgan fingerprint density at radius 3 is 2.94 bits per heavy atom. The SMILES string of the molecule is CNC(C)c1cnc(Cc2csc(C)n2)s1. The van der Waals surface area contributed by atoms with E-state index in [9.17, 15) is 0 Å². The Morgan fingerprint density at radius 1 is 1.50 bits per heavy atom. The Kier molecular flexibility index (Phi) is 3.68. The Labute approximate surface area is 104 Å². The molecule has 5 heteroatoms. The molecule has 0 aliphatic carbocycles. The van der Waals surface area contributed by atoms with Crippen molar-refractivity contribution < 1.29 is 0 Å². The largest absolute Gasteiger partial charge is 0.312 e. The Balaban J connectivity index is 2.08. The molecule has 3 nitrogen and oxygen atoms in total. The number of rotatable bonds is 4. The highest BCUT2D eigenvalue weighted by molar-refractivity contribution is 7.11. The van der Waals surface area contributed by atoms with Gasteiger partial charge in [-0.2, -0.15) is 0 Å². The van der Waals surface area contributed by atoms with Crippen molar-refractivity contribution in [1.29, 1.82) is 0 Å². The minimum Gasteiger partial charge on any atom is -0.312 e. The minimum atomic E-state index is 0.378. The molecule has 0 saturated carbocycles. The van der Waals surface area contributed by atoms with Gasteiger partial charge in [0.1, 0.15) is 0 Å². The van der Waals surface area contributed by atoms with Gasteiger partial charge in [-0.05, 0) is 20.9 Å². The van der Waals surface area contributed by atoms with Crippen molar-refractivity contribution >= 4 is 22.7 Å². The van der Waals surface area contributed by atoms with Gasteiger partial charge in [0, 0.05) is 28.9 Å². The highest BCUT2D eigenvalue weighted by Crippen LogP contribution is 2.22. The molecule has 2 aromatic heterocycles. The van der Waals surface area contributed by atoms with Crippen molar-refractivity contribution in [2.45, 2.75) is 26.3 Å². The zero-order valence-electron chi connectivity index (χ0n) is 9.65. The summed E-state index contributed by atoms with van der Waals surface area (Å²) >= 11 is 3.46. The van der Waals surface area contributed by atoms with E-state index in [2.05, 4.69) is 27.6 Å². The van der Waals surface area contributed by atoms with Crippen LogP contribution >= 0.6 is 22.7 Å². The molecule has 16 heavy (non-hydrogen) atoms. The first-order valence-electron chi connectivity index (χ1n) is 5.22. The molecule has 0 fully saturated rings. The van der Waals surface area contributed by atoms with E-state index in [1.807, 2.05) is 20.2 Å². The van der Waals surface area contributed by atoms with Crippen LogP contribution in [0.3, 0.4) is 0 Å². The van der Waals surface area contributed by atoms with E-state index >= 15 is 0 Å². The van der Waals surface area contributed by atoms with Crippen LogP contribution in [0.5, 0.6) is 0 Å². The van der Waals surface area contributed by atoms with E-state index in [1.165, 1.54) is 4.88 Å². The molecule has 0 aliphatic rings. The van der Waals surface area contributed by atoms with E-state index in [4.69, 9.17) is 0 Å². The molecule has 0 radical (unpaired) electrons. The average Bonchev–Trinajstić information content (AvgIpc) is 2.87. The summed E-state index contributed by atoms with van der Waals surface area (Å²) < 4.78 is 0. The number of nitrogens with one attached hydrogen (secondary N) is 1. The number of aromatic nitrogens is 2. The Hall–Kier alpha value is -0.780. The van der Waals surface area contributed by atoms with Crippen molar-refractivity contribution in [2.24, 2.45) is 0 Å². The lowest BCUT2D eigenvalue weighted by molar-refractivity contribution is 0.662. The lowest BCUT2D eigenvalue weighted by Crippen LogP contribution is -2.10. The van der Waals surface area contributed by atoms with E-state index in [0.717, 1.165) is 22.1 Å². The molecule has 86 valence electrons. The van der Waals surface area contributed by atoms with Crippen molar-refractivity contribution in [2.75, 3.05) is 7.05 Å². The van der Waals surface area contributed by atoms with Gasteiger partial charge >= 0.3 is 0 Å². The second-order valence-electron chi connectivity index (χ2n) is 3.70. The summed E-state index contributed by atoms with van der Waals surface area (Å²) in [4.78, 5) is 10.2. The quantitative estimate of drug-likeness (QED) is 0.910.